The van der Waals surface area contributed by atoms with E-state index in [0.29, 0.717) is 33.7 Å². The van der Waals surface area contributed by atoms with Crippen molar-refractivity contribution in [3.8, 4) is 12.8 Å². The van der Waals surface area contributed by atoms with E-state index in [1.165, 1.54) is 51.4 Å². The highest BCUT2D eigenvalue weighted by Crippen LogP contribution is 2.87. The molecule has 1 N–H and O–H groups in total. The van der Waals surface area contributed by atoms with Crippen molar-refractivity contribution in [1.82, 2.24) is 4.90 Å². The number of amides is 1. The molecule has 0 aromatic rings. The van der Waals surface area contributed by atoms with Gasteiger partial charge in [0.05, 0.1) is 12.2 Å². The zero-order valence-electron chi connectivity index (χ0n) is 27.2. The third-order valence-corrected chi connectivity index (χ3v) is 14.5. The van der Waals surface area contributed by atoms with Crippen molar-refractivity contribution < 1.29 is 19.4 Å². The maximum absolute atomic E-state index is 12.7. The molecular weight excluding hydrogens is 510 g/mol. The van der Waals surface area contributed by atoms with E-state index in [9.17, 15) is 4.79 Å². The summed E-state index contributed by atoms with van der Waals surface area (Å²) in [4.78, 5) is 14.5. The zero-order chi connectivity index (χ0) is 30.0. The van der Waals surface area contributed by atoms with Crippen molar-refractivity contribution in [3.63, 3.8) is 0 Å². The first-order valence-electron chi connectivity index (χ1n) is 16.9. The van der Waals surface area contributed by atoms with E-state index in [1.54, 1.807) is 6.42 Å². The predicted molar refractivity (Wildman–Crippen MR) is 164 cm³/mol. The summed E-state index contributed by atoms with van der Waals surface area (Å²) in [6.45, 7) is 16.5. The van der Waals surface area contributed by atoms with Gasteiger partial charge < -0.3 is 19.5 Å². The molecule has 7 aliphatic rings. The Morgan fingerprint density at radius 1 is 0.927 bits per heavy atom. The van der Waals surface area contributed by atoms with Gasteiger partial charge in [-0.25, -0.2) is 4.79 Å². The summed E-state index contributed by atoms with van der Waals surface area (Å²) in [7, 11) is 1.00. The van der Waals surface area contributed by atoms with Crippen LogP contribution in [0.25, 0.3) is 0 Å². The van der Waals surface area contributed by atoms with Crippen LogP contribution in [0.2, 0.25) is 0 Å². The monoisotopic (exact) mass is 569 g/mol. The normalized spacial score (nSPS) is 47.2. The number of carbonyl (C=O) groups excluding carboxylic acids is 1. The van der Waals surface area contributed by atoms with Gasteiger partial charge >= 0.3 is 6.09 Å². The van der Waals surface area contributed by atoms with Gasteiger partial charge in [-0.2, -0.15) is 0 Å². The summed E-state index contributed by atoms with van der Waals surface area (Å²) in [5, 5.41) is 7.00. The third-order valence-electron chi connectivity index (χ3n) is 14.5. The van der Waals surface area contributed by atoms with Crippen LogP contribution in [0.1, 0.15) is 112 Å². The molecule has 0 aromatic carbocycles. The molecule has 0 bridgehead atoms. The second kappa shape index (κ2) is 11.0. The van der Waals surface area contributed by atoms with Crippen molar-refractivity contribution in [1.29, 1.82) is 0 Å². The Labute approximate surface area is 250 Å². The Kier molecular flexibility index (Phi) is 8.39. The van der Waals surface area contributed by atoms with Crippen LogP contribution in [0, 0.1) is 70.0 Å². The van der Waals surface area contributed by atoms with Crippen LogP contribution >= 0.6 is 0 Å². The van der Waals surface area contributed by atoms with Gasteiger partial charge in [0.1, 0.15) is 6.10 Å². The first-order chi connectivity index (χ1) is 19.5. The minimum absolute atomic E-state index is 0.0628. The quantitative estimate of drug-likeness (QED) is 0.357. The van der Waals surface area contributed by atoms with E-state index >= 15 is 0 Å². The summed E-state index contributed by atoms with van der Waals surface area (Å²) in [6, 6.07) is 0. The van der Waals surface area contributed by atoms with E-state index in [4.69, 9.17) is 14.6 Å². The number of terminal acetylenes is 1. The fourth-order valence-electron chi connectivity index (χ4n) is 12.0. The molecule has 7 fully saturated rings. The predicted octanol–water partition coefficient (Wildman–Crippen LogP) is 7.55. The fraction of sp³-hybridized carbons (Fsp3) is 0.917. The maximum atomic E-state index is 12.7. The summed E-state index contributed by atoms with van der Waals surface area (Å²) in [5.74, 6) is 4.55. The zero-order valence-corrected chi connectivity index (χ0v) is 27.2. The molecule has 41 heavy (non-hydrogen) atoms. The van der Waals surface area contributed by atoms with Crippen molar-refractivity contribution in [2.75, 3.05) is 20.2 Å². The standard InChI is InChI=1S/C33H53NO3.C2H2.CH4O/c1-20(2)28(37-29(35)34-16-7-17-34)25-10-8-23-26(36-25)18-24-22-9-11-27-30(4,5)21(3)12-13-33(27)19-32(22,33)15-14-31(23,24)6;2*1-2/h20-28H,7-19H2,1-6H3;1-2H;2H,1H3/t21-,22?,23?,24?,25?,26?,27?,28?,31?,32-,33?;;/m0../s1. The average molecular weight is 570 g/mol. The molecule has 0 aromatic heterocycles. The van der Waals surface area contributed by atoms with Crippen LogP contribution in [-0.4, -0.2) is 54.6 Å². The second-order valence-electron chi connectivity index (χ2n) is 16.2. The maximum Gasteiger partial charge on any atom is 0.410 e. The minimum atomic E-state index is -0.121. The lowest BCUT2D eigenvalue weighted by Gasteiger charge is -2.59. The van der Waals surface area contributed by atoms with Gasteiger partial charge in [0.2, 0.25) is 0 Å². The molecule has 2 aliphatic heterocycles. The topological polar surface area (TPSA) is 59.0 Å². The number of aliphatic hydroxyl groups excluding tert-OH is 1. The van der Waals surface area contributed by atoms with Crippen molar-refractivity contribution in [3.05, 3.63) is 0 Å². The van der Waals surface area contributed by atoms with E-state index in [1.807, 2.05) is 4.90 Å². The first-order valence-corrected chi connectivity index (χ1v) is 16.9. The fourth-order valence-corrected chi connectivity index (χ4v) is 12.0. The molecule has 11 atom stereocenters. The van der Waals surface area contributed by atoms with E-state index in [-0.39, 0.29) is 24.2 Å². The summed E-state index contributed by atoms with van der Waals surface area (Å²) in [6.07, 6.45) is 23.2. The van der Waals surface area contributed by atoms with Gasteiger partial charge in [-0.05, 0) is 128 Å². The molecule has 1 amide bonds. The van der Waals surface area contributed by atoms with Gasteiger partial charge in [-0.3, -0.25) is 0 Å². The van der Waals surface area contributed by atoms with Crippen LogP contribution in [0.4, 0.5) is 4.79 Å². The number of aliphatic hydroxyl groups is 1. The Hall–Kier alpha value is -1.25. The highest BCUT2D eigenvalue weighted by atomic mass is 16.6. The summed E-state index contributed by atoms with van der Waals surface area (Å²) < 4.78 is 13.1. The number of carbonyl (C=O) groups is 1. The third kappa shape index (κ3) is 4.43. The van der Waals surface area contributed by atoms with Crippen LogP contribution in [0.5, 0.6) is 0 Å². The number of nitrogens with zero attached hydrogens (tertiary/aromatic N) is 1. The van der Waals surface area contributed by atoms with Crippen LogP contribution in [0.3, 0.4) is 0 Å². The van der Waals surface area contributed by atoms with Crippen molar-refractivity contribution in [2.24, 2.45) is 57.2 Å². The molecule has 2 heterocycles. The summed E-state index contributed by atoms with van der Waals surface area (Å²) >= 11 is 0. The second-order valence-corrected chi connectivity index (χ2v) is 16.2. The van der Waals surface area contributed by atoms with Gasteiger partial charge in [0.25, 0.3) is 0 Å². The Bertz CT molecular complexity index is 987. The molecule has 0 radical (unpaired) electrons. The molecule has 5 heteroatoms. The molecule has 7 rings (SSSR count). The Morgan fingerprint density at radius 3 is 2.24 bits per heavy atom. The number of fused-ring (bicyclic) bond motifs is 4. The highest BCUT2D eigenvalue weighted by molar-refractivity contribution is 5.68. The van der Waals surface area contributed by atoms with Gasteiger partial charge in [0, 0.05) is 20.2 Å². The Balaban J connectivity index is 0.000000810. The van der Waals surface area contributed by atoms with E-state index < -0.39 is 0 Å². The van der Waals surface area contributed by atoms with E-state index in [0.717, 1.165) is 56.7 Å². The molecule has 5 nitrogen and oxygen atoms in total. The largest absolute Gasteiger partial charge is 0.443 e. The molecule has 9 unspecified atom stereocenters. The lowest BCUT2D eigenvalue weighted by molar-refractivity contribution is -0.148. The molecule has 5 saturated carbocycles. The lowest BCUT2D eigenvalue weighted by atomic mass is 9.45. The average Bonchev–Trinajstić information content (AvgIpc) is 3.51. The molecule has 2 spiro atoms. The molecule has 2 saturated heterocycles. The van der Waals surface area contributed by atoms with Gasteiger partial charge in [-0.1, -0.05) is 41.5 Å². The number of likely N-dealkylation sites (tertiary alicyclic amines) is 1. The van der Waals surface area contributed by atoms with Crippen LogP contribution in [0.15, 0.2) is 0 Å². The highest BCUT2D eigenvalue weighted by Gasteiger charge is 2.80. The SMILES string of the molecule is C#C.CC(C)C(OC(=O)N1CCC1)C1CCC2C(CC3C4CCC5C(C)(C)[C@@H](C)CCC56C[C@@]46CCC23C)O1.CO. The number of rotatable bonds is 3. The minimum Gasteiger partial charge on any atom is -0.443 e. The number of hydrogen-bond acceptors (Lipinski definition) is 4. The van der Waals surface area contributed by atoms with Crippen molar-refractivity contribution >= 4 is 6.09 Å². The lowest BCUT2D eigenvalue weighted by Crippen LogP contribution is -2.53. The molecule has 232 valence electrons. The molecule has 5 aliphatic carbocycles. The summed E-state index contributed by atoms with van der Waals surface area (Å²) in [5.41, 5.74) is 2.27. The Morgan fingerprint density at radius 2 is 1.61 bits per heavy atom. The smallest absolute Gasteiger partial charge is 0.410 e. The van der Waals surface area contributed by atoms with Gasteiger partial charge in [0.15, 0.2) is 0 Å². The molecular formula is C36H59NO4. The van der Waals surface area contributed by atoms with Gasteiger partial charge in [-0.15, -0.1) is 12.8 Å². The van der Waals surface area contributed by atoms with E-state index in [2.05, 4.69) is 54.4 Å². The number of hydrogen-bond donors (Lipinski definition) is 1. The van der Waals surface area contributed by atoms with Crippen molar-refractivity contribution in [2.45, 2.75) is 130 Å². The first kappa shape index (κ1) is 31.2. The van der Waals surface area contributed by atoms with Crippen LogP contribution in [-0.2, 0) is 9.47 Å². The number of ether oxygens (including phenoxy) is 2. The van der Waals surface area contributed by atoms with Crippen LogP contribution < -0.4 is 0 Å².